The highest BCUT2D eigenvalue weighted by atomic mass is 32.2. The summed E-state index contributed by atoms with van der Waals surface area (Å²) >= 11 is 2.91. The second kappa shape index (κ2) is 7.40. The van der Waals surface area contributed by atoms with Crippen molar-refractivity contribution in [1.29, 1.82) is 0 Å². The average molecular weight is 288 g/mol. The zero-order chi connectivity index (χ0) is 13.5. The molecule has 1 aromatic heterocycles. The molecule has 0 aliphatic carbocycles. The minimum Gasteiger partial charge on any atom is -0.480 e. The number of hydrogen-bond acceptors (Lipinski definition) is 5. The van der Waals surface area contributed by atoms with Gasteiger partial charge in [-0.25, -0.2) is 4.79 Å². The van der Waals surface area contributed by atoms with E-state index in [-0.39, 0.29) is 0 Å². The lowest BCUT2D eigenvalue weighted by molar-refractivity contribution is -0.142. The Morgan fingerprint density at radius 2 is 2.33 bits per heavy atom. The summed E-state index contributed by atoms with van der Waals surface area (Å²) in [5.74, 6) is -0.812. The summed E-state index contributed by atoms with van der Waals surface area (Å²) in [5.41, 5.74) is 5.76. The molecule has 0 radical (unpaired) electrons. The molecule has 2 unspecified atom stereocenters. The third kappa shape index (κ3) is 4.32. The molecule has 5 nitrogen and oxygen atoms in total. The van der Waals surface area contributed by atoms with Crippen LogP contribution in [-0.2, 0) is 9.59 Å². The maximum atomic E-state index is 11.8. The van der Waals surface area contributed by atoms with Crippen molar-refractivity contribution in [3.05, 3.63) is 22.4 Å². The van der Waals surface area contributed by atoms with Gasteiger partial charge in [0.25, 0.3) is 0 Å². The maximum absolute atomic E-state index is 11.8. The van der Waals surface area contributed by atoms with E-state index in [0.29, 0.717) is 12.2 Å². The average Bonchev–Trinajstić information content (AvgIpc) is 2.86. The second-order valence-electron chi connectivity index (χ2n) is 3.67. The minimum atomic E-state index is -1.03. The molecule has 1 heterocycles. The normalized spacial score (nSPS) is 13.9. The third-order valence-corrected chi connectivity index (χ3v) is 3.96. The van der Waals surface area contributed by atoms with Gasteiger partial charge in [0.1, 0.15) is 12.1 Å². The summed E-state index contributed by atoms with van der Waals surface area (Å²) in [6.45, 7) is 0. The summed E-state index contributed by atoms with van der Waals surface area (Å²) in [5, 5.41) is 13.3. The smallest absolute Gasteiger partial charge is 0.326 e. The molecule has 4 N–H and O–H groups in total. The van der Waals surface area contributed by atoms with Gasteiger partial charge in [0.2, 0.25) is 5.91 Å². The monoisotopic (exact) mass is 288 g/mol. The van der Waals surface area contributed by atoms with Crippen LogP contribution in [0.2, 0.25) is 0 Å². The van der Waals surface area contributed by atoms with Crippen LogP contribution in [0.1, 0.15) is 17.3 Å². The van der Waals surface area contributed by atoms with Crippen LogP contribution in [0, 0.1) is 0 Å². The Bertz CT molecular complexity index is 395. The lowest BCUT2D eigenvalue weighted by Gasteiger charge is -2.16. The number of nitrogens with two attached hydrogens (primary N) is 1. The fraction of sp³-hybridized carbons (Fsp3) is 0.455. The highest BCUT2D eigenvalue weighted by Crippen LogP contribution is 2.17. The summed E-state index contributed by atoms with van der Waals surface area (Å²) in [4.78, 5) is 23.5. The molecule has 0 spiro atoms. The number of carboxylic acids is 1. The van der Waals surface area contributed by atoms with Crippen LogP contribution < -0.4 is 11.1 Å². The Labute approximate surface area is 114 Å². The lowest BCUT2D eigenvalue weighted by atomic mass is 10.2. The number of carboxylic acid groups (broad SMARTS) is 1. The van der Waals surface area contributed by atoms with Crippen LogP contribution in [0.4, 0.5) is 0 Å². The number of carbonyl (C=O) groups excluding carboxylic acids is 1. The molecule has 100 valence electrons. The maximum Gasteiger partial charge on any atom is 0.326 e. The van der Waals surface area contributed by atoms with Crippen LogP contribution in [0.15, 0.2) is 17.5 Å². The quantitative estimate of drug-likeness (QED) is 0.698. The number of hydrogen-bond donors (Lipinski definition) is 3. The zero-order valence-electron chi connectivity index (χ0n) is 9.96. The third-order valence-electron chi connectivity index (χ3n) is 2.36. The van der Waals surface area contributed by atoms with E-state index in [1.54, 1.807) is 12.1 Å². The number of amides is 1. The fourth-order valence-corrected chi connectivity index (χ4v) is 2.55. The van der Waals surface area contributed by atoms with Crippen molar-refractivity contribution in [1.82, 2.24) is 5.32 Å². The van der Waals surface area contributed by atoms with Crippen molar-refractivity contribution >= 4 is 35.0 Å². The molecule has 0 aliphatic rings. The fourth-order valence-electron chi connectivity index (χ4n) is 1.35. The van der Waals surface area contributed by atoms with Gasteiger partial charge in [-0.05, 0) is 29.9 Å². The van der Waals surface area contributed by atoms with Gasteiger partial charge in [0.05, 0.1) is 0 Å². The number of carbonyl (C=O) groups is 2. The largest absolute Gasteiger partial charge is 0.480 e. The molecule has 0 saturated carbocycles. The standard InChI is InChI=1S/C11H16N2O3S2/c1-17-6-4-7(11(15)16)13-10(14)9(12)8-3-2-5-18-8/h2-3,5,7,9H,4,6,12H2,1H3,(H,13,14)(H,15,16). The van der Waals surface area contributed by atoms with E-state index >= 15 is 0 Å². The Morgan fingerprint density at radius 1 is 1.61 bits per heavy atom. The number of nitrogens with one attached hydrogen (secondary N) is 1. The van der Waals surface area contributed by atoms with Crippen molar-refractivity contribution in [2.75, 3.05) is 12.0 Å². The van der Waals surface area contributed by atoms with Crippen molar-refractivity contribution in [3.63, 3.8) is 0 Å². The zero-order valence-corrected chi connectivity index (χ0v) is 11.6. The Kier molecular flexibility index (Phi) is 6.17. The number of thiophene rings is 1. The molecule has 7 heteroatoms. The van der Waals surface area contributed by atoms with E-state index in [4.69, 9.17) is 10.8 Å². The molecule has 1 rings (SSSR count). The molecule has 0 bridgehead atoms. The first kappa shape index (κ1) is 15.0. The molecule has 2 atom stereocenters. The van der Waals surface area contributed by atoms with E-state index in [2.05, 4.69) is 5.32 Å². The van der Waals surface area contributed by atoms with Gasteiger partial charge in [0.15, 0.2) is 0 Å². The predicted octanol–water partition coefficient (Wildman–Crippen LogP) is 1.07. The van der Waals surface area contributed by atoms with Crippen LogP contribution in [-0.4, -0.2) is 35.0 Å². The highest BCUT2D eigenvalue weighted by Gasteiger charge is 2.24. The molecular weight excluding hydrogens is 272 g/mol. The van der Waals surface area contributed by atoms with Gasteiger partial charge in [-0.3, -0.25) is 4.79 Å². The number of rotatable bonds is 7. The predicted molar refractivity (Wildman–Crippen MR) is 73.8 cm³/mol. The Hall–Kier alpha value is -1.05. The van der Waals surface area contributed by atoms with Crippen molar-refractivity contribution in [3.8, 4) is 0 Å². The van der Waals surface area contributed by atoms with E-state index in [1.165, 1.54) is 23.1 Å². The topological polar surface area (TPSA) is 92.4 Å². The van der Waals surface area contributed by atoms with Gasteiger partial charge < -0.3 is 16.2 Å². The van der Waals surface area contributed by atoms with Gasteiger partial charge >= 0.3 is 5.97 Å². The van der Waals surface area contributed by atoms with Crippen LogP contribution >= 0.6 is 23.1 Å². The van der Waals surface area contributed by atoms with Gasteiger partial charge in [-0.2, -0.15) is 11.8 Å². The summed E-state index contributed by atoms with van der Waals surface area (Å²) < 4.78 is 0. The van der Waals surface area contributed by atoms with Crippen molar-refractivity contribution in [2.24, 2.45) is 5.73 Å². The van der Waals surface area contributed by atoms with Gasteiger partial charge in [-0.1, -0.05) is 6.07 Å². The van der Waals surface area contributed by atoms with E-state index in [0.717, 1.165) is 4.88 Å². The Morgan fingerprint density at radius 3 is 2.83 bits per heavy atom. The lowest BCUT2D eigenvalue weighted by Crippen LogP contribution is -2.45. The van der Waals surface area contributed by atoms with Crippen LogP contribution in [0.5, 0.6) is 0 Å². The van der Waals surface area contributed by atoms with E-state index in [1.807, 2.05) is 11.6 Å². The molecule has 1 aromatic rings. The molecule has 0 fully saturated rings. The molecule has 0 aromatic carbocycles. The first-order valence-electron chi connectivity index (χ1n) is 5.37. The summed E-state index contributed by atoms with van der Waals surface area (Å²) in [6.07, 6.45) is 2.28. The van der Waals surface area contributed by atoms with Gasteiger partial charge in [0, 0.05) is 4.88 Å². The van der Waals surface area contributed by atoms with Crippen LogP contribution in [0.25, 0.3) is 0 Å². The molecule has 18 heavy (non-hydrogen) atoms. The minimum absolute atomic E-state index is 0.388. The highest BCUT2D eigenvalue weighted by molar-refractivity contribution is 7.98. The van der Waals surface area contributed by atoms with E-state index < -0.39 is 24.0 Å². The summed E-state index contributed by atoms with van der Waals surface area (Å²) in [7, 11) is 0. The molecule has 1 amide bonds. The SMILES string of the molecule is CSCCC(NC(=O)C(N)c1cccs1)C(=O)O. The van der Waals surface area contributed by atoms with Crippen molar-refractivity contribution in [2.45, 2.75) is 18.5 Å². The first-order chi connectivity index (χ1) is 8.56. The van der Waals surface area contributed by atoms with E-state index in [9.17, 15) is 9.59 Å². The summed E-state index contributed by atoms with van der Waals surface area (Å²) in [6, 6.07) is 1.87. The molecular formula is C11H16N2O3S2. The van der Waals surface area contributed by atoms with Gasteiger partial charge in [-0.15, -0.1) is 11.3 Å². The second-order valence-corrected chi connectivity index (χ2v) is 5.64. The Balaban J connectivity index is 2.58. The number of thioether (sulfide) groups is 1. The van der Waals surface area contributed by atoms with Crippen molar-refractivity contribution < 1.29 is 14.7 Å². The first-order valence-corrected chi connectivity index (χ1v) is 7.64. The van der Waals surface area contributed by atoms with Crippen LogP contribution in [0.3, 0.4) is 0 Å². The number of aliphatic carboxylic acids is 1. The molecule has 0 saturated heterocycles. The molecule has 0 aliphatic heterocycles.